The highest BCUT2D eigenvalue weighted by atomic mass is 79.9. The van der Waals surface area contributed by atoms with Crippen LogP contribution in [0.5, 0.6) is 0 Å². The number of hydrogen-bond acceptors (Lipinski definition) is 3. The van der Waals surface area contributed by atoms with Crippen molar-refractivity contribution in [2.45, 2.75) is 19.4 Å². The fourth-order valence-corrected chi connectivity index (χ4v) is 1.30. The van der Waals surface area contributed by atoms with Crippen LogP contribution in [-0.2, 0) is 9.59 Å². The first-order valence-corrected chi connectivity index (χ1v) is 5.59. The second kappa shape index (κ2) is 5.18. The highest BCUT2D eigenvalue weighted by Gasteiger charge is 2.27. The van der Waals surface area contributed by atoms with Crippen LogP contribution in [0.15, 0.2) is 27.3 Å². The number of amides is 1. The molecule has 0 aliphatic heterocycles. The third-order valence-corrected chi connectivity index (χ3v) is 2.39. The van der Waals surface area contributed by atoms with Crippen LogP contribution in [0.1, 0.15) is 19.6 Å². The van der Waals surface area contributed by atoms with Gasteiger partial charge in [0.05, 0.1) is 0 Å². The predicted molar refractivity (Wildman–Crippen MR) is 65.3 cm³/mol. The molecule has 0 radical (unpaired) electrons. The van der Waals surface area contributed by atoms with E-state index in [0.29, 0.717) is 10.4 Å². The van der Waals surface area contributed by atoms with Gasteiger partial charge < -0.3 is 14.8 Å². The maximum atomic E-state index is 11.4. The highest BCUT2D eigenvalue weighted by molar-refractivity contribution is 9.10. The number of carboxylic acids is 1. The molecule has 1 heterocycles. The van der Waals surface area contributed by atoms with Crippen LogP contribution in [-0.4, -0.2) is 22.5 Å². The molecule has 0 unspecified atom stereocenters. The van der Waals surface area contributed by atoms with E-state index in [-0.39, 0.29) is 0 Å². The van der Waals surface area contributed by atoms with E-state index in [1.165, 1.54) is 26.0 Å². The average molecular weight is 302 g/mol. The molecule has 1 rings (SSSR count). The zero-order chi connectivity index (χ0) is 13.1. The van der Waals surface area contributed by atoms with E-state index < -0.39 is 17.4 Å². The second-order valence-electron chi connectivity index (χ2n) is 3.89. The molecule has 0 saturated carbocycles. The molecule has 0 aliphatic rings. The Morgan fingerprint density at radius 2 is 2.12 bits per heavy atom. The van der Waals surface area contributed by atoms with Crippen LogP contribution >= 0.6 is 15.9 Å². The van der Waals surface area contributed by atoms with E-state index in [1.54, 1.807) is 12.1 Å². The van der Waals surface area contributed by atoms with Crippen molar-refractivity contribution in [2.75, 3.05) is 0 Å². The average Bonchev–Trinajstić information content (AvgIpc) is 2.60. The summed E-state index contributed by atoms with van der Waals surface area (Å²) in [5.41, 5.74) is -1.30. The molecule has 1 aromatic heterocycles. The van der Waals surface area contributed by atoms with Gasteiger partial charge in [-0.1, -0.05) is 0 Å². The van der Waals surface area contributed by atoms with Crippen molar-refractivity contribution in [1.29, 1.82) is 0 Å². The molecule has 17 heavy (non-hydrogen) atoms. The van der Waals surface area contributed by atoms with Gasteiger partial charge in [0.25, 0.3) is 0 Å². The van der Waals surface area contributed by atoms with Crippen molar-refractivity contribution in [3.05, 3.63) is 28.6 Å². The molecule has 1 aromatic rings. The van der Waals surface area contributed by atoms with Gasteiger partial charge in [-0.15, -0.1) is 0 Å². The zero-order valence-corrected chi connectivity index (χ0v) is 10.9. The number of nitrogens with one attached hydrogen (secondary N) is 1. The largest absolute Gasteiger partial charge is 0.480 e. The molecule has 2 N–H and O–H groups in total. The van der Waals surface area contributed by atoms with E-state index in [2.05, 4.69) is 21.2 Å². The number of hydrogen-bond donors (Lipinski definition) is 2. The molecule has 0 bridgehead atoms. The fourth-order valence-electron chi connectivity index (χ4n) is 0.979. The quantitative estimate of drug-likeness (QED) is 0.834. The second-order valence-corrected chi connectivity index (χ2v) is 4.68. The van der Waals surface area contributed by atoms with Gasteiger partial charge in [0.1, 0.15) is 11.3 Å². The van der Waals surface area contributed by atoms with Crippen LogP contribution in [0, 0.1) is 0 Å². The summed E-state index contributed by atoms with van der Waals surface area (Å²) in [6.45, 7) is 2.81. The van der Waals surface area contributed by atoms with E-state index >= 15 is 0 Å². The van der Waals surface area contributed by atoms with E-state index in [0.717, 1.165) is 0 Å². The van der Waals surface area contributed by atoms with Gasteiger partial charge in [0.15, 0.2) is 4.67 Å². The SMILES string of the molecule is CC(C)(NC(=O)C=Cc1ccc(Br)o1)C(=O)O. The summed E-state index contributed by atoms with van der Waals surface area (Å²) in [5.74, 6) is -1.09. The Bertz CT molecular complexity index is 462. The van der Waals surface area contributed by atoms with Crippen LogP contribution in [0.4, 0.5) is 0 Å². The summed E-state index contributed by atoms with van der Waals surface area (Å²) < 4.78 is 5.70. The van der Waals surface area contributed by atoms with Gasteiger partial charge in [-0.25, -0.2) is 4.79 Å². The van der Waals surface area contributed by atoms with Crippen molar-refractivity contribution >= 4 is 33.9 Å². The van der Waals surface area contributed by atoms with Gasteiger partial charge in [-0.05, 0) is 48.0 Å². The third-order valence-electron chi connectivity index (χ3n) is 1.96. The lowest BCUT2D eigenvalue weighted by Crippen LogP contribution is -2.49. The maximum Gasteiger partial charge on any atom is 0.328 e. The lowest BCUT2D eigenvalue weighted by molar-refractivity contribution is -0.145. The highest BCUT2D eigenvalue weighted by Crippen LogP contribution is 2.15. The van der Waals surface area contributed by atoms with Crippen molar-refractivity contribution in [3.8, 4) is 0 Å². The molecule has 5 nitrogen and oxygen atoms in total. The Morgan fingerprint density at radius 3 is 2.59 bits per heavy atom. The molecule has 0 spiro atoms. The molecule has 6 heteroatoms. The summed E-state index contributed by atoms with van der Waals surface area (Å²) in [6, 6.07) is 3.37. The summed E-state index contributed by atoms with van der Waals surface area (Å²) in [4.78, 5) is 22.2. The van der Waals surface area contributed by atoms with E-state index in [1.807, 2.05) is 0 Å². The van der Waals surface area contributed by atoms with E-state index in [9.17, 15) is 9.59 Å². The first-order valence-electron chi connectivity index (χ1n) is 4.80. The molecule has 0 atom stereocenters. The Labute approximate surface area is 107 Å². The molecule has 0 aromatic carbocycles. The van der Waals surface area contributed by atoms with Crippen molar-refractivity contribution in [3.63, 3.8) is 0 Å². The van der Waals surface area contributed by atoms with Gasteiger partial charge in [0, 0.05) is 6.08 Å². The first kappa shape index (κ1) is 13.5. The molecule has 92 valence electrons. The maximum absolute atomic E-state index is 11.4. The smallest absolute Gasteiger partial charge is 0.328 e. The number of halogens is 1. The number of carbonyl (C=O) groups excluding carboxylic acids is 1. The van der Waals surface area contributed by atoms with Crippen LogP contribution in [0.25, 0.3) is 6.08 Å². The van der Waals surface area contributed by atoms with Gasteiger partial charge in [-0.2, -0.15) is 0 Å². The Morgan fingerprint density at radius 1 is 1.47 bits per heavy atom. The first-order chi connectivity index (χ1) is 7.81. The molecule has 0 aliphatic carbocycles. The van der Waals surface area contributed by atoms with Crippen molar-refractivity contribution < 1.29 is 19.1 Å². The molecule has 1 amide bonds. The van der Waals surface area contributed by atoms with Crippen molar-refractivity contribution in [2.24, 2.45) is 0 Å². The summed E-state index contributed by atoms with van der Waals surface area (Å²) in [5, 5.41) is 11.2. The topological polar surface area (TPSA) is 79.5 Å². The number of furan rings is 1. The monoisotopic (exact) mass is 301 g/mol. The summed E-state index contributed by atoms with van der Waals surface area (Å²) >= 11 is 3.13. The molecule has 0 saturated heterocycles. The predicted octanol–water partition coefficient (Wildman–Crippen LogP) is 2.03. The summed E-state index contributed by atoms with van der Waals surface area (Å²) in [7, 11) is 0. The Kier molecular flexibility index (Phi) is 4.11. The number of rotatable bonds is 4. The standard InChI is InChI=1S/C11H12BrNO4/c1-11(2,10(15)16)13-9(14)6-4-7-3-5-8(12)17-7/h3-6H,1-2H3,(H,13,14)(H,15,16). The van der Waals surface area contributed by atoms with Gasteiger partial charge in [-0.3, -0.25) is 4.79 Å². The summed E-state index contributed by atoms with van der Waals surface area (Å²) in [6.07, 6.45) is 2.67. The van der Waals surface area contributed by atoms with Crippen LogP contribution < -0.4 is 5.32 Å². The lowest BCUT2D eigenvalue weighted by Gasteiger charge is -2.19. The minimum absolute atomic E-state index is 0.495. The Hall–Kier alpha value is -1.56. The van der Waals surface area contributed by atoms with E-state index in [4.69, 9.17) is 9.52 Å². The van der Waals surface area contributed by atoms with Crippen LogP contribution in [0.3, 0.4) is 0 Å². The molecule has 0 fully saturated rings. The van der Waals surface area contributed by atoms with Gasteiger partial charge in [0.2, 0.25) is 5.91 Å². The minimum Gasteiger partial charge on any atom is -0.480 e. The number of carbonyl (C=O) groups is 2. The minimum atomic E-state index is -1.30. The van der Waals surface area contributed by atoms with Gasteiger partial charge >= 0.3 is 5.97 Å². The zero-order valence-electron chi connectivity index (χ0n) is 9.36. The molecular formula is C11H12BrNO4. The van der Waals surface area contributed by atoms with Crippen molar-refractivity contribution in [1.82, 2.24) is 5.32 Å². The number of aliphatic carboxylic acids is 1. The Balaban J connectivity index is 2.61. The fraction of sp³-hybridized carbons (Fsp3) is 0.273. The normalized spacial score (nSPS) is 11.7. The number of carboxylic acid groups (broad SMARTS) is 1. The third kappa shape index (κ3) is 4.07. The lowest BCUT2D eigenvalue weighted by atomic mass is 10.1. The van der Waals surface area contributed by atoms with Crippen LogP contribution in [0.2, 0.25) is 0 Å². The molecular weight excluding hydrogens is 290 g/mol.